The molecule has 2 aliphatic carbocycles. The summed E-state index contributed by atoms with van der Waals surface area (Å²) < 4.78 is 95.4. The standard InChI is InChI=1S/C20H21F3O5S2.C5H6N2O2/c1-28-15-6-9-17(12-15)30(26,27)19-10-5-14(11-18(19)20(21,22)23)13-3-7-16(8-4-13)29(2,24)25;6-3-5(1-2-5)7-4(8)9/h3-5,7-8,10-11,15,17H,6,9,12H2,1-2H3;7H,1-2H2,(H,8,9)/t15-,17-;/m1./s1. The van der Waals surface area contributed by atoms with E-state index < -0.39 is 53.2 Å². The van der Waals surface area contributed by atoms with Gasteiger partial charge in [0, 0.05) is 13.4 Å². The number of hydrogen-bond acceptors (Lipinski definition) is 7. The van der Waals surface area contributed by atoms with Gasteiger partial charge in [0.1, 0.15) is 5.54 Å². The molecule has 2 aliphatic rings. The first-order valence-corrected chi connectivity index (χ1v) is 15.2. The first-order valence-electron chi connectivity index (χ1n) is 11.7. The Morgan fingerprint density at radius 2 is 1.67 bits per heavy atom. The van der Waals surface area contributed by atoms with Crippen molar-refractivity contribution in [3.05, 3.63) is 48.0 Å². The molecule has 0 saturated heterocycles. The second kappa shape index (κ2) is 11.1. The van der Waals surface area contributed by atoms with Crippen molar-refractivity contribution in [2.75, 3.05) is 13.4 Å². The Hall–Kier alpha value is -3.15. The van der Waals surface area contributed by atoms with Gasteiger partial charge in [-0.3, -0.25) is 0 Å². The molecule has 2 fully saturated rings. The zero-order chi connectivity index (χ0) is 29.2. The van der Waals surface area contributed by atoms with E-state index in [1.165, 1.54) is 37.4 Å². The zero-order valence-corrected chi connectivity index (χ0v) is 22.7. The maximum atomic E-state index is 13.8. The predicted octanol–water partition coefficient (Wildman–Crippen LogP) is 4.43. The van der Waals surface area contributed by atoms with Crippen molar-refractivity contribution in [1.29, 1.82) is 5.26 Å². The Bertz CT molecular complexity index is 1480. The summed E-state index contributed by atoms with van der Waals surface area (Å²) in [6, 6.07) is 10.4. The van der Waals surface area contributed by atoms with E-state index in [1.54, 1.807) is 0 Å². The third-order valence-corrected chi connectivity index (χ3v) is 10.0. The summed E-state index contributed by atoms with van der Waals surface area (Å²) in [5, 5.41) is 17.7. The molecule has 4 rings (SSSR count). The summed E-state index contributed by atoms with van der Waals surface area (Å²) in [4.78, 5) is 9.25. The van der Waals surface area contributed by atoms with E-state index in [0.717, 1.165) is 18.4 Å². The fraction of sp³-hybridized carbons (Fsp3) is 0.440. The van der Waals surface area contributed by atoms with Gasteiger partial charge in [-0.2, -0.15) is 18.4 Å². The molecular weight excluding hydrogens is 561 g/mol. The van der Waals surface area contributed by atoms with Crippen molar-refractivity contribution >= 4 is 25.8 Å². The van der Waals surface area contributed by atoms with E-state index in [4.69, 9.17) is 15.1 Å². The molecule has 0 aliphatic heterocycles. The molecule has 39 heavy (non-hydrogen) atoms. The van der Waals surface area contributed by atoms with Crippen LogP contribution in [0.15, 0.2) is 52.3 Å². The second-order valence-electron chi connectivity index (χ2n) is 9.47. The fourth-order valence-electron chi connectivity index (χ4n) is 4.24. The van der Waals surface area contributed by atoms with Crippen LogP contribution in [0.1, 0.15) is 37.7 Å². The Balaban J connectivity index is 0.000000395. The maximum absolute atomic E-state index is 13.8. The molecule has 2 atom stereocenters. The predicted molar refractivity (Wildman–Crippen MR) is 134 cm³/mol. The summed E-state index contributed by atoms with van der Waals surface area (Å²) in [6.07, 6.45) is -3.07. The largest absolute Gasteiger partial charge is 0.465 e. The van der Waals surface area contributed by atoms with Crippen LogP contribution in [0.25, 0.3) is 11.1 Å². The van der Waals surface area contributed by atoms with Gasteiger partial charge < -0.3 is 15.2 Å². The number of nitriles is 1. The van der Waals surface area contributed by atoms with Crippen LogP contribution in [0.2, 0.25) is 0 Å². The number of alkyl halides is 3. The number of ether oxygens (including phenoxy) is 1. The van der Waals surface area contributed by atoms with Crippen molar-refractivity contribution in [2.45, 2.75) is 65.0 Å². The van der Waals surface area contributed by atoms with E-state index in [9.17, 15) is 34.8 Å². The average Bonchev–Trinajstić information content (AvgIpc) is 3.44. The number of halogens is 3. The number of carbonyl (C=O) groups is 1. The van der Waals surface area contributed by atoms with E-state index >= 15 is 0 Å². The van der Waals surface area contributed by atoms with Crippen LogP contribution >= 0.6 is 0 Å². The molecule has 2 N–H and O–H groups in total. The molecule has 212 valence electrons. The van der Waals surface area contributed by atoms with E-state index in [-0.39, 0.29) is 29.4 Å². The Morgan fingerprint density at radius 1 is 1.08 bits per heavy atom. The number of rotatable bonds is 6. The molecule has 9 nitrogen and oxygen atoms in total. The number of amides is 1. The van der Waals surface area contributed by atoms with Gasteiger partial charge in [-0.15, -0.1) is 0 Å². The first-order chi connectivity index (χ1) is 18.0. The monoisotopic (exact) mass is 588 g/mol. The van der Waals surface area contributed by atoms with Crippen LogP contribution in [0, 0.1) is 11.3 Å². The molecular formula is C25H27F3N2O7S2. The van der Waals surface area contributed by atoms with E-state index in [2.05, 4.69) is 5.32 Å². The third-order valence-electron chi connectivity index (χ3n) is 6.63. The minimum atomic E-state index is -4.87. The molecule has 2 aromatic rings. The molecule has 0 bridgehead atoms. The smallest absolute Gasteiger partial charge is 0.417 e. The average molecular weight is 589 g/mol. The van der Waals surface area contributed by atoms with Gasteiger partial charge in [0.2, 0.25) is 0 Å². The highest BCUT2D eigenvalue weighted by atomic mass is 32.2. The SMILES string of the molecule is CO[C@@H]1CC[C@@H](S(=O)(=O)c2ccc(-c3ccc(S(C)(=O)=O)cc3)cc2C(F)(F)F)C1.N#CC1(NC(=O)O)CC1. The number of nitrogens with zero attached hydrogens (tertiary/aromatic N) is 1. The molecule has 0 heterocycles. The summed E-state index contributed by atoms with van der Waals surface area (Å²) in [5.41, 5.74) is -1.47. The third kappa shape index (κ3) is 7.28. The highest BCUT2D eigenvalue weighted by Crippen LogP contribution is 2.40. The molecule has 0 spiro atoms. The van der Waals surface area contributed by atoms with Crippen LogP contribution in [-0.4, -0.2) is 58.3 Å². The summed E-state index contributed by atoms with van der Waals surface area (Å²) in [5.74, 6) is 0. The topological polar surface area (TPSA) is 151 Å². The number of nitrogens with one attached hydrogen (secondary N) is 1. The normalized spacial score (nSPS) is 20.3. The molecule has 0 radical (unpaired) electrons. The van der Waals surface area contributed by atoms with Gasteiger partial charge >= 0.3 is 12.3 Å². The van der Waals surface area contributed by atoms with Crippen LogP contribution in [0.4, 0.5) is 18.0 Å². The second-order valence-corrected chi connectivity index (χ2v) is 13.7. The summed E-state index contributed by atoms with van der Waals surface area (Å²) >= 11 is 0. The fourth-order valence-corrected chi connectivity index (χ4v) is 6.89. The maximum Gasteiger partial charge on any atom is 0.417 e. The van der Waals surface area contributed by atoms with Crippen molar-refractivity contribution < 1.29 is 44.6 Å². The lowest BCUT2D eigenvalue weighted by Gasteiger charge is -2.18. The first kappa shape index (κ1) is 30.4. The van der Waals surface area contributed by atoms with Gasteiger partial charge in [0.15, 0.2) is 19.7 Å². The van der Waals surface area contributed by atoms with Crippen LogP contribution in [0.5, 0.6) is 0 Å². The van der Waals surface area contributed by atoms with Crippen molar-refractivity contribution in [3.8, 4) is 17.2 Å². The summed E-state index contributed by atoms with van der Waals surface area (Å²) in [7, 11) is -6.20. The van der Waals surface area contributed by atoms with E-state index in [0.29, 0.717) is 24.8 Å². The number of carboxylic acid groups (broad SMARTS) is 1. The minimum absolute atomic E-state index is 0.0374. The van der Waals surface area contributed by atoms with Gasteiger partial charge in [-0.25, -0.2) is 21.6 Å². The van der Waals surface area contributed by atoms with Crippen molar-refractivity contribution in [1.82, 2.24) is 5.32 Å². The van der Waals surface area contributed by atoms with Gasteiger partial charge in [-0.05, 0) is 67.5 Å². The minimum Gasteiger partial charge on any atom is -0.465 e. The van der Waals surface area contributed by atoms with Gasteiger partial charge in [0.25, 0.3) is 0 Å². The lowest BCUT2D eigenvalue weighted by Crippen LogP contribution is -2.33. The van der Waals surface area contributed by atoms with Gasteiger partial charge in [-0.1, -0.05) is 18.2 Å². The van der Waals surface area contributed by atoms with Crippen LogP contribution in [0.3, 0.4) is 0 Å². The molecule has 0 unspecified atom stereocenters. The molecule has 1 amide bonds. The summed E-state index contributed by atoms with van der Waals surface area (Å²) in [6.45, 7) is 0. The highest BCUT2D eigenvalue weighted by Gasteiger charge is 2.45. The molecule has 14 heteroatoms. The van der Waals surface area contributed by atoms with Gasteiger partial charge in [0.05, 0.1) is 32.8 Å². The number of benzene rings is 2. The number of hydrogen-bond donors (Lipinski definition) is 2. The quantitative estimate of drug-likeness (QED) is 0.503. The Labute approximate surface area is 224 Å². The van der Waals surface area contributed by atoms with E-state index in [1.807, 2.05) is 6.07 Å². The number of methoxy groups -OCH3 is 1. The lowest BCUT2D eigenvalue weighted by atomic mass is 10.0. The lowest BCUT2D eigenvalue weighted by molar-refractivity contribution is -0.139. The van der Waals surface area contributed by atoms with Crippen molar-refractivity contribution in [3.63, 3.8) is 0 Å². The Kier molecular flexibility index (Phi) is 8.69. The van der Waals surface area contributed by atoms with Crippen molar-refractivity contribution in [2.24, 2.45) is 0 Å². The Morgan fingerprint density at radius 3 is 2.08 bits per heavy atom. The van der Waals surface area contributed by atoms with Crippen LogP contribution < -0.4 is 5.32 Å². The van der Waals surface area contributed by atoms with Crippen LogP contribution in [-0.2, 0) is 30.6 Å². The zero-order valence-electron chi connectivity index (χ0n) is 21.0. The molecule has 2 aromatic carbocycles. The highest BCUT2D eigenvalue weighted by molar-refractivity contribution is 7.92. The number of sulfone groups is 2. The molecule has 0 aromatic heterocycles. The molecule has 2 saturated carbocycles.